The summed E-state index contributed by atoms with van der Waals surface area (Å²) in [4.78, 5) is 9.25. The van der Waals surface area contributed by atoms with Gasteiger partial charge in [0, 0.05) is 63.9 Å². The summed E-state index contributed by atoms with van der Waals surface area (Å²) in [6, 6.07) is 5.99. The molecule has 0 N–H and O–H groups in total. The van der Waals surface area contributed by atoms with Gasteiger partial charge in [0.1, 0.15) is 0 Å². The molecular weight excluding hydrogens is 278 g/mol. The summed E-state index contributed by atoms with van der Waals surface area (Å²) >= 11 is 0. The average Bonchev–Trinajstić information content (AvgIpc) is 3.08. The molecule has 0 spiro atoms. The minimum absolute atomic E-state index is 0.673. The highest BCUT2D eigenvalue weighted by atomic mass is 16.5. The van der Waals surface area contributed by atoms with Gasteiger partial charge in [0.25, 0.3) is 0 Å². The molecule has 6 heteroatoms. The summed E-state index contributed by atoms with van der Waals surface area (Å²) in [6.07, 6.45) is 5.76. The van der Waals surface area contributed by atoms with Gasteiger partial charge in [-0.1, -0.05) is 6.07 Å². The van der Waals surface area contributed by atoms with E-state index < -0.39 is 0 Å². The molecule has 22 heavy (non-hydrogen) atoms. The minimum atomic E-state index is 0.673. The SMILES string of the molecule is COc1ccc(CN2CCN(CCn3cccn3)CC2)cn1. The van der Waals surface area contributed by atoms with Crippen molar-refractivity contribution in [3.63, 3.8) is 0 Å². The van der Waals surface area contributed by atoms with Crippen molar-refractivity contribution in [2.24, 2.45) is 0 Å². The van der Waals surface area contributed by atoms with Crippen molar-refractivity contribution in [3.05, 3.63) is 42.4 Å². The topological polar surface area (TPSA) is 46.4 Å². The van der Waals surface area contributed by atoms with Crippen LogP contribution >= 0.6 is 0 Å². The fourth-order valence-electron chi connectivity index (χ4n) is 2.73. The lowest BCUT2D eigenvalue weighted by molar-refractivity contribution is 0.123. The number of hydrogen-bond donors (Lipinski definition) is 0. The van der Waals surface area contributed by atoms with E-state index in [-0.39, 0.29) is 0 Å². The van der Waals surface area contributed by atoms with Gasteiger partial charge in [0.15, 0.2) is 0 Å². The number of methoxy groups -OCH3 is 1. The Morgan fingerprint density at radius 2 is 1.91 bits per heavy atom. The number of pyridine rings is 1. The van der Waals surface area contributed by atoms with Crippen LogP contribution in [0, 0.1) is 0 Å². The summed E-state index contributed by atoms with van der Waals surface area (Å²) in [5.41, 5.74) is 1.24. The van der Waals surface area contributed by atoms with E-state index in [0.717, 1.165) is 45.8 Å². The Balaban J connectivity index is 1.41. The molecule has 0 unspecified atom stereocenters. The van der Waals surface area contributed by atoms with E-state index in [1.165, 1.54) is 5.56 Å². The van der Waals surface area contributed by atoms with Crippen molar-refractivity contribution in [2.45, 2.75) is 13.1 Å². The minimum Gasteiger partial charge on any atom is -0.481 e. The van der Waals surface area contributed by atoms with E-state index in [0.29, 0.717) is 5.88 Å². The Bertz CT molecular complexity index is 546. The molecule has 1 aliphatic rings. The van der Waals surface area contributed by atoms with Crippen molar-refractivity contribution >= 4 is 0 Å². The van der Waals surface area contributed by atoms with Gasteiger partial charge >= 0.3 is 0 Å². The highest BCUT2D eigenvalue weighted by Crippen LogP contribution is 2.11. The maximum atomic E-state index is 5.09. The highest BCUT2D eigenvalue weighted by Gasteiger charge is 2.16. The van der Waals surface area contributed by atoms with Gasteiger partial charge in [-0.3, -0.25) is 14.5 Å². The third kappa shape index (κ3) is 4.05. The third-order valence-corrected chi connectivity index (χ3v) is 4.08. The van der Waals surface area contributed by atoms with Gasteiger partial charge in [-0.05, 0) is 11.6 Å². The van der Waals surface area contributed by atoms with E-state index >= 15 is 0 Å². The number of nitrogens with zero attached hydrogens (tertiary/aromatic N) is 5. The molecular formula is C16H23N5O. The smallest absolute Gasteiger partial charge is 0.212 e. The molecule has 3 heterocycles. The molecule has 1 aliphatic heterocycles. The van der Waals surface area contributed by atoms with Crippen LogP contribution in [0.15, 0.2) is 36.8 Å². The Morgan fingerprint density at radius 3 is 2.55 bits per heavy atom. The molecule has 3 rings (SSSR count). The molecule has 0 aromatic carbocycles. The van der Waals surface area contributed by atoms with Crippen LogP contribution in [0.5, 0.6) is 5.88 Å². The molecule has 0 aliphatic carbocycles. The van der Waals surface area contributed by atoms with Crippen LogP contribution in [0.4, 0.5) is 0 Å². The Labute approximate surface area is 131 Å². The quantitative estimate of drug-likeness (QED) is 0.800. The molecule has 0 atom stereocenters. The Hall–Kier alpha value is -1.92. The zero-order chi connectivity index (χ0) is 15.2. The molecule has 2 aromatic heterocycles. The van der Waals surface area contributed by atoms with Crippen molar-refractivity contribution in [1.29, 1.82) is 0 Å². The molecule has 0 saturated carbocycles. The molecule has 1 saturated heterocycles. The molecule has 6 nitrogen and oxygen atoms in total. The molecule has 0 bridgehead atoms. The van der Waals surface area contributed by atoms with E-state index in [9.17, 15) is 0 Å². The average molecular weight is 301 g/mol. The second kappa shape index (κ2) is 7.38. The van der Waals surface area contributed by atoms with E-state index in [4.69, 9.17) is 4.74 Å². The molecule has 2 aromatic rings. The predicted molar refractivity (Wildman–Crippen MR) is 84.7 cm³/mol. The lowest BCUT2D eigenvalue weighted by Crippen LogP contribution is -2.46. The maximum Gasteiger partial charge on any atom is 0.212 e. The number of ether oxygens (including phenoxy) is 1. The zero-order valence-corrected chi connectivity index (χ0v) is 13.1. The Kier molecular flexibility index (Phi) is 5.03. The number of hydrogen-bond acceptors (Lipinski definition) is 5. The van der Waals surface area contributed by atoms with Gasteiger partial charge in [-0.2, -0.15) is 5.10 Å². The summed E-state index contributed by atoms with van der Waals surface area (Å²) in [7, 11) is 1.64. The van der Waals surface area contributed by atoms with Crippen molar-refractivity contribution < 1.29 is 4.74 Å². The Morgan fingerprint density at radius 1 is 1.09 bits per heavy atom. The summed E-state index contributed by atoms with van der Waals surface area (Å²) in [5.74, 6) is 0.673. The fraction of sp³-hybridized carbons (Fsp3) is 0.500. The van der Waals surface area contributed by atoms with Gasteiger partial charge in [0.2, 0.25) is 5.88 Å². The summed E-state index contributed by atoms with van der Waals surface area (Å²) in [6.45, 7) is 7.44. The first-order valence-corrected chi connectivity index (χ1v) is 7.74. The highest BCUT2D eigenvalue weighted by molar-refractivity contribution is 5.17. The van der Waals surface area contributed by atoms with Crippen LogP contribution in [0.2, 0.25) is 0 Å². The second-order valence-corrected chi connectivity index (χ2v) is 5.60. The molecule has 0 radical (unpaired) electrons. The number of piperazine rings is 1. The van der Waals surface area contributed by atoms with Crippen molar-refractivity contribution in [3.8, 4) is 5.88 Å². The van der Waals surface area contributed by atoms with E-state index in [2.05, 4.69) is 25.9 Å². The van der Waals surface area contributed by atoms with Gasteiger partial charge in [-0.25, -0.2) is 4.98 Å². The monoisotopic (exact) mass is 301 g/mol. The normalized spacial score (nSPS) is 16.8. The first-order chi connectivity index (χ1) is 10.8. The molecule has 118 valence electrons. The van der Waals surface area contributed by atoms with Gasteiger partial charge in [0.05, 0.1) is 13.7 Å². The summed E-state index contributed by atoms with van der Waals surface area (Å²) in [5, 5.41) is 4.25. The first-order valence-electron chi connectivity index (χ1n) is 7.74. The zero-order valence-electron chi connectivity index (χ0n) is 13.1. The number of aromatic nitrogens is 3. The standard InChI is InChI=1S/C16H23N5O/c1-22-16-4-3-15(13-17-16)14-20-9-7-19(8-10-20)11-12-21-6-2-5-18-21/h2-6,13H,7-12,14H2,1H3. The second-order valence-electron chi connectivity index (χ2n) is 5.60. The maximum absolute atomic E-state index is 5.09. The lowest BCUT2D eigenvalue weighted by atomic mass is 10.2. The van der Waals surface area contributed by atoms with Gasteiger partial charge in [-0.15, -0.1) is 0 Å². The van der Waals surface area contributed by atoms with Crippen LogP contribution in [-0.4, -0.2) is 64.4 Å². The predicted octanol–water partition coefficient (Wildman–Crippen LogP) is 1.10. The number of rotatable bonds is 6. The molecule has 0 amide bonds. The van der Waals surface area contributed by atoms with Gasteiger partial charge < -0.3 is 4.74 Å². The van der Waals surface area contributed by atoms with Crippen LogP contribution in [0.1, 0.15) is 5.56 Å². The van der Waals surface area contributed by atoms with Crippen LogP contribution in [0.25, 0.3) is 0 Å². The van der Waals surface area contributed by atoms with Crippen molar-refractivity contribution in [1.82, 2.24) is 24.6 Å². The lowest BCUT2D eigenvalue weighted by Gasteiger charge is -2.34. The largest absolute Gasteiger partial charge is 0.481 e. The third-order valence-electron chi connectivity index (χ3n) is 4.08. The van der Waals surface area contributed by atoms with Crippen molar-refractivity contribution in [2.75, 3.05) is 39.8 Å². The molecule has 1 fully saturated rings. The first kappa shape index (κ1) is 15.0. The fourth-order valence-corrected chi connectivity index (χ4v) is 2.73. The van der Waals surface area contributed by atoms with Crippen LogP contribution in [-0.2, 0) is 13.1 Å². The van der Waals surface area contributed by atoms with E-state index in [1.807, 2.05) is 35.4 Å². The van der Waals surface area contributed by atoms with E-state index in [1.54, 1.807) is 7.11 Å². The summed E-state index contributed by atoms with van der Waals surface area (Å²) < 4.78 is 7.09. The van der Waals surface area contributed by atoms with Crippen LogP contribution < -0.4 is 4.74 Å². The van der Waals surface area contributed by atoms with Crippen LogP contribution in [0.3, 0.4) is 0 Å².